The van der Waals surface area contributed by atoms with E-state index in [4.69, 9.17) is 38.3 Å². The Morgan fingerprint density at radius 1 is 0.703 bits per heavy atom. The molecule has 3 amide bonds. The molecule has 6 aliphatic rings. The number of aliphatic carboxylic acids is 1. The summed E-state index contributed by atoms with van der Waals surface area (Å²) < 4.78 is 66.9. The third-order valence-corrected chi connectivity index (χ3v) is 17.8. The van der Waals surface area contributed by atoms with Gasteiger partial charge in [0.15, 0.2) is 0 Å². The van der Waals surface area contributed by atoms with Crippen molar-refractivity contribution in [3.05, 3.63) is 82.8 Å². The van der Waals surface area contributed by atoms with Crippen LogP contribution in [-0.2, 0) is 76.8 Å². The molecule has 0 radical (unpaired) electrons. The van der Waals surface area contributed by atoms with E-state index in [1.54, 1.807) is 85.0 Å². The predicted molar refractivity (Wildman–Crippen MR) is 361 cm³/mol. The summed E-state index contributed by atoms with van der Waals surface area (Å²) in [6, 6.07) is 1.18. The van der Waals surface area contributed by atoms with Gasteiger partial charge in [-0.05, 0) is 204 Å². The first-order chi connectivity index (χ1) is 42.3. The topological polar surface area (TPSA) is 334 Å². The number of likely N-dealkylation sites (tertiary alicyclic amines) is 3. The largest absolute Gasteiger partial charge is 0.480 e. The highest BCUT2D eigenvalue weighted by Gasteiger charge is 2.71. The van der Waals surface area contributed by atoms with E-state index >= 15 is 0 Å². The highest BCUT2D eigenvalue weighted by atomic mass is 127. The van der Waals surface area contributed by atoms with Crippen molar-refractivity contribution in [1.29, 1.82) is 0 Å². The number of carbonyl (C=O) groups excluding carboxylic acids is 5. The molecule has 3 saturated carbocycles. The summed E-state index contributed by atoms with van der Waals surface area (Å²) in [6.45, 7) is 25.8. The fraction of sp³-hybridized carbons (Fsp3) is 0.627. The van der Waals surface area contributed by atoms with Gasteiger partial charge in [0.25, 0.3) is 10.1 Å². The van der Waals surface area contributed by atoms with Crippen LogP contribution in [0.2, 0.25) is 0 Å². The summed E-state index contributed by atoms with van der Waals surface area (Å²) in [5, 5.41) is 24.5. The molecule has 3 saturated heterocycles. The maximum absolute atomic E-state index is 12.7. The number of carbonyl (C=O) groups is 6. The van der Waals surface area contributed by atoms with Crippen LogP contribution < -0.4 is 5.73 Å². The van der Waals surface area contributed by atoms with E-state index in [0.717, 1.165) is 40.0 Å². The highest BCUT2D eigenvalue weighted by Crippen LogP contribution is 2.63. The van der Waals surface area contributed by atoms with Gasteiger partial charge in [0, 0.05) is 71.6 Å². The summed E-state index contributed by atoms with van der Waals surface area (Å²) in [4.78, 5) is 82.2. The molecule has 0 unspecified atom stereocenters. The molecule has 0 bridgehead atoms. The number of halogens is 4. The zero-order valence-electron chi connectivity index (χ0n) is 53.2. The molecule has 27 nitrogen and oxygen atoms in total. The van der Waals surface area contributed by atoms with Gasteiger partial charge < -0.3 is 39.3 Å². The molecule has 32 heteroatoms. The summed E-state index contributed by atoms with van der Waals surface area (Å²) in [5.74, 6) is -1.33. The average molecular weight is 1700 g/mol. The number of nitrogen functional groups attached to an aromatic ring is 1. The van der Waals surface area contributed by atoms with Gasteiger partial charge >= 0.3 is 36.2 Å². The lowest BCUT2D eigenvalue weighted by atomic mass is 9.99. The van der Waals surface area contributed by atoms with E-state index in [2.05, 4.69) is 116 Å². The summed E-state index contributed by atoms with van der Waals surface area (Å²) in [7, 11) is -3.59. The minimum absolute atomic E-state index is 0.00128. The van der Waals surface area contributed by atoms with Crippen molar-refractivity contribution in [2.45, 2.75) is 187 Å². The van der Waals surface area contributed by atoms with Gasteiger partial charge in [-0.1, -0.05) is 12.1 Å². The Bertz CT molecular complexity index is 3340. The lowest BCUT2D eigenvalue weighted by Crippen LogP contribution is -2.46. The monoisotopic (exact) mass is 1690 g/mol. The standard InChI is InChI=1S/C17H24IN3O4.C15H20IN3O4.C15H25NO7S.C9H11BrN2O.C3H3IN2/c1-5-24-14(22)12-6-17(10-20-9-11(18)8-19-20)7-13(17)21(12)15(23)25-16(2,3)4;1-14(2,3)23-13(22)19-10(12(20)21)4-15(5-11(15)19)8-18-7-9(16)6-17-18;1-6-21-12(17)10-7-15(9-22-24(5,19)20)8-11(15)16(10)13(18)23-14(2,3)4;1-2-5-13-6-7-3-4-8(10)12-9(7)11;4-3-1-5-6-2-3/h8-9,12-13H,5-7,10H2,1-4H3;6-7,10-11H,4-5,8H2,1-3H3,(H,20,21);10-11H,6-9H2,1-5H3;2-4H,1,5-6H2,(H2,11,12);1-2H,(H,5,6)/t12-,13+,17-;2*10-,11+,15-;;/m000../s1. The molecular weight excluding hydrogens is 1610 g/mol. The van der Waals surface area contributed by atoms with Crippen molar-refractivity contribution in [2.75, 3.05) is 38.4 Å². The number of amides is 3. The predicted octanol–water partition coefficient (Wildman–Crippen LogP) is 9.60. The second-order valence-corrected chi connectivity index (χ2v) is 32.2. The molecule has 6 fully saturated rings. The fourth-order valence-corrected chi connectivity index (χ4v) is 13.1. The minimum Gasteiger partial charge on any atom is -0.480 e. The number of esters is 2. The van der Waals surface area contributed by atoms with Crippen molar-refractivity contribution in [3.63, 3.8) is 0 Å². The van der Waals surface area contributed by atoms with Crippen LogP contribution in [0.25, 0.3) is 0 Å². The number of fused-ring (bicyclic) bond motifs is 3. The number of carboxylic acids is 1. The van der Waals surface area contributed by atoms with Crippen LogP contribution in [0.5, 0.6) is 0 Å². The second kappa shape index (κ2) is 30.7. The normalized spacial score (nSPS) is 24.7. The number of nitrogens with two attached hydrogens (primary N) is 1. The Kier molecular flexibility index (Phi) is 25.3. The molecule has 3 aliphatic heterocycles. The number of rotatable bonds is 16. The van der Waals surface area contributed by atoms with Crippen LogP contribution >= 0.6 is 83.7 Å². The van der Waals surface area contributed by atoms with Crippen molar-refractivity contribution in [1.82, 2.24) is 49.4 Å². The molecule has 504 valence electrons. The van der Waals surface area contributed by atoms with Gasteiger partial charge in [0.05, 0.1) is 68.6 Å². The number of hydrogen-bond acceptors (Lipinski definition) is 20. The quantitative estimate of drug-likeness (QED) is 0.0179. The number of aromatic amines is 1. The van der Waals surface area contributed by atoms with Crippen molar-refractivity contribution in [3.8, 4) is 0 Å². The van der Waals surface area contributed by atoms with Crippen molar-refractivity contribution < 1.29 is 74.9 Å². The van der Waals surface area contributed by atoms with E-state index in [-0.39, 0.29) is 48.1 Å². The number of nitrogens with one attached hydrogen (secondary N) is 1. The zero-order chi connectivity index (χ0) is 67.8. The minimum atomic E-state index is -3.59. The van der Waals surface area contributed by atoms with E-state index in [0.29, 0.717) is 64.4 Å². The van der Waals surface area contributed by atoms with Gasteiger partial charge in [0.1, 0.15) is 45.3 Å². The average Bonchev–Trinajstić information content (AvgIpc) is 1.56. The SMILES string of the molecule is C=CCOCc1ccc(Br)nc1N.CC(C)(C)OC(=O)N1[C@H](C(=O)O)C[C@@]2(Cn3cc(I)cn3)C[C@@H]12.CCOC(=O)[C@@H]1C[C@@]2(COS(C)(=O)=O)C[C@H]2N1C(=O)OC(C)(C)C.CCOC(=O)[C@@H]1C[C@@]2(Cn3cc(I)cn3)C[C@H]2N1C(=O)OC(C)(C)C.Ic1cn[nH]c1. The number of nitrogens with zero attached hydrogens (tertiary/aromatic N) is 9. The van der Waals surface area contributed by atoms with Crippen LogP contribution in [0.3, 0.4) is 0 Å². The molecule has 9 atom stereocenters. The smallest absolute Gasteiger partial charge is 0.411 e. The van der Waals surface area contributed by atoms with E-state index < -0.39 is 80.7 Å². The Hall–Kier alpha value is -4.92. The summed E-state index contributed by atoms with van der Waals surface area (Å²) >= 11 is 9.82. The molecule has 4 N–H and O–H groups in total. The van der Waals surface area contributed by atoms with Gasteiger partial charge in [-0.15, -0.1) is 6.58 Å². The van der Waals surface area contributed by atoms with Gasteiger partial charge in [-0.25, -0.2) is 33.8 Å². The van der Waals surface area contributed by atoms with Crippen LogP contribution in [0.4, 0.5) is 20.2 Å². The van der Waals surface area contributed by atoms with Crippen LogP contribution in [0, 0.1) is 27.0 Å². The van der Waals surface area contributed by atoms with Crippen LogP contribution in [0.15, 0.2) is 66.6 Å². The van der Waals surface area contributed by atoms with Crippen molar-refractivity contribution >= 4 is 136 Å². The third kappa shape index (κ3) is 21.3. The van der Waals surface area contributed by atoms with Crippen molar-refractivity contribution in [2.24, 2.45) is 16.2 Å². The molecule has 10 rings (SSSR count). The molecule has 0 aromatic carbocycles. The molecule has 3 aliphatic carbocycles. The summed E-state index contributed by atoms with van der Waals surface area (Å²) in [6.07, 6.45) is 15.8. The number of anilines is 1. The first-order valence-corrected chi connectivity index (χ1v) is 35.2. The number of H-pyrrole nitrogens is 1. The van der Waals surface area contributed by atoms with Gasteiger partial charge in [-0.3, -0.25) is 33.3 Å². The molecule has 91 heavy (non-hydrogen) atoms. The van der Waals surface area contributed by atoms with Gasteiger partial charge in [0.2, 0.25) is 0 Å². The van der Waals surface area contributed by atoms with E-state index in [1.165, 1.54) is 9.80 Å². The first-order valence-electron chi connectivity index (χ1n) is 29.3. The Morgan fingerprint density at radius 2 is 1.13 bits per heavy atom. The second-order valence-electron chi connectivity index (χ2n) is 26.0. The maximum atomic E-state index is 12.7. The van der Waals surface area contributed by atoms with E-state index in [9.17, 15) is 42.3 Å². The lowest BCUT2D eigenvalue weighted by Gasteiger charge is -2.29. The van der Waals surface area contributed by atoms with E-state index in [1.807, 2.05) is 60.9 Å². The Morgan fingerprint density at radius 3 is 1.48 bits per heavy atom. The zero-order valence-corrected chi connectivity index (χ0v) is 62.0. The maximum Gasteiger partial charge on any atom is 0.411 e. The lowest BCUT2D eigenvalue weighted by molar-refractivity contribution is -0.149. The number of aromatic nitrogens is 7. The van der Waals surface area contributed by atoms with Gasteiger partial charge in [-0.2, -0.15) is 23.7 Å². The Balaban J connectivity index is 0.000000190. The number of piperidine rings is 3. The molecule has 4 aromatic rings. The molecular formula is C59H83BrI3N11O16S. The van der Waals surface area contributed by atoms with Crippen LogP contribution in [0.1, 0.15) is 120 Å². The fourth-order valence-electron chi connectivity index (χ4n) is 11.2. The highest BCUT2D eigenvalue weighted by molar-refractivity contribution is 14.1. The Labute approximate surface area is 580 Å². The molecule has 0 spiro atoms. The molecule has 7 heterocycles. The first kappa shape index (κ1) is 75.1. The number of carboxylic acid groups (broad SMARTS) is 1. The number of hydrogen-bond donors (Lipinski definition) is 3. The number of ether oxygens (including phenoxy) is 6. The van der Waals surface area contributed by atoms with Crippen LogP contribution in [-0.4, -0.2) is 185 Å². The third-order valence-electron chi connectivity index (χ3n) is 15.1. The molecule has 4 aromatic heterocycles. The number of pyridine rings is 1. The summed E-state index contributed by atoms with van der Waals surface area (Å²) in [5.41, 5.74) is 3.76.